The number of carbonyl (C=O) groups excluding carboxylic acids is 4. The molecule has 2 aromatic carbocycles. The van der Waals surface area contributed by atoms with Crippen LogP contribution in [0.25, 0.3) is 0 Å². The average molecular weight is 408 g/mol. The summed E-state index contributed by atoms with van der Waals surface area (Å²) in [5.74, 6) is -1.41. The van der Waals surface area contributed by atoms with Gasteiger partial charge in [0.1, 0.15) is 5.54 Å². The number of urea groups is 1. The Hall–Kier alpha value is -3.68. The molecule has 0 spiro atoms. The third-order valence-electron chi connectivity index (χ3n) is 5.03. The quantitative estimate of drug-likeness (QED) is 0.610. The van der Waals surface area contributed by atoms with Crippen LogP contribution in [0.4, 0.5) is 4.79 Å². The molecule has 1 fully saturated rings. The van der Waals surface area contributed by atoms with Crippen LogP contribution in [0.1, 0.15) is 42.6 Å². The van der Waals surface area contributed by atoms with Gasteiger partial charge in [0.15, 0.2) is 0 Å². The highest BCUT2D eigenvalue weighted by molar-refractivity contribution is 6.08. The molecule has 2 unspecified atom stereocenters. The van der Waals surface area contributed by atoms with Crippen molar-refractivity contribution in [1.82, 2.24) is 21.1 Å². The lowest BCUT2D eigenvalue weighted by Crippen LogP contribution is -2.49. The van der Waals surface area contributed by atoms with Gasteiger partial charge < -0.3 is 10.6 Å². The Balaban J connectivity index is 1.63. The van der Waals surface area contributed by atoms with E-state index in [-0.39, 0.29) is 12.3 Å². The maximum Gasteiger partial charge on any atom is 0.344 e. The van der Waals surface area contributed by atoms with Crippen LogP contribution in [0, 0.1) is 0 Å². The molecule has 30 heavy (non-hydrogen) atoms. The van der Waals surface area contributed by atoms with Crippen LogP contribution in [0.2, 0.25) is 0 Å². The Kier molecular flexibility index (Phi) is 6.15. The zero-order chi connectivity index (χ0) is 21.7. The third kappa shape index (κ3) is 4.17. The van der Waals surface area contributed by atoms with Crippen molar-refractivity contribution in [3.63, 3.8) is 0 Å². The number of nitrogens with zero attached hydrogens (tertiary/aromatic N) is 1. The first-order valence-electron chi connectivity index (χ1n) is 9.75. The fourth-order valence-electron chi connectivity index (χ4n) is 3.43. The highest BCUT2D eigenvalue weighted by Gasteiger charge is 2.52. The van der Waals surface area contributed by atoms with Crippen molar-refractivity contribution in [2.45, 2.75) is 38.3 Å². The fraction of sp³-hybridized carbons (Fsp3) is 0.273. The first-order chi connectivity index (χ1) is 14.4. The molecule has 1 aliphatic rings. The lowest BCUT2D eigenvalue weighted by Gasteiger charge is -2.25. The van der Waals surface area contributed by atoms with E-state index < -0.39 is 29.4 Å². The molecule has 2 atom stereocenters. The summed E-state index contributed by atoms with van der Waals surface area (Å²) in [6.07, 6.45) is 0.234. The van der Waals surface area contributed by atoms with Crippen molar-refractivity contribution in [2.24, 2.45) is 0 Å². The van der Waals surface area contributed by atoms with Crippen molar-refractivity contribution < 1.29 is 19.2 Å². The number of hydrazine groups is 1. The molecule has 0 radical (unpaired) electrons. The lowest BCUT2D eigenvalue weighted by molar-refractivity contribution is -0.139. The van der Waals surface area contributed by atoms with Gasteiger partial charge in [-0.05, 0) is 31.0 Å². The zero-order valence-corrected chi connectivity index (χ0v) is 16.8. The Bertz CT molecular complexity index is 948. The van der Waals surface area contributed by atoms with Gasteiger partial charge in [-0.25, -0.2) is 4.79 Å². The molecule has 0 bridgehead atoms. The molecule has 3 N–H and O–H groups in total. The summed E-state index contributed by atoms with van der Waals surface area (Å²) in [7, 11) is 0. The minimum atomic E-state index is -1.22. The molecule has 5 amide bonds. The van der Waals surface area contributed by atoms with E-state index in [4.69, 9.17) is 0 Å². The van der Waals surface area contributed by atoms with Crippen molar-refractivity contribution in [1.29, 1.82) is 0 Å². The Labute approximate surface area is 174 Å². The van der Waals surface area contributed by atoms with Crippen molar-refractivity contribution in [3.05, 3.63) is 71.8 Å². The fourth-order valence-corrected chi connectivity index (χ4v) is 3.43. The van der Waals surface area contributed by atoms with E-state index >= 15 is 0 Å². The normalized spacial score (nSPS) is 19.2. The summed E-state index contributed by atoms with van der Waals surface area (Å²) in [5, 5.41) is 6.14. The number of rotatable bonds is 7. The van der Waals surface area contributed by atoms with E-state index in [1.165, 1.54) is 0 Å². The third-order valence-corrected chi connectivity index (χ3v) is 5.03. The van der Waals surface area contributed by atoms with Gasteiger partial charge in [0.25, 0.3) is 11.8 Å². The molecule has 3 rings (SSSR count). The van der Waals surface area contributed by atoms with Crippen molar-refractivity contribution >= 4 is 23.8 Å². The molecule has 0 aromatic heterocycles. The SMILES string of the molecule is CCC1(c2ccccc2)NC(=O)N(NC(=O)CC(C)NC(=O)c2ccccc2)C1=O. The molecule has 0 aliphatic carbocycles. The summed E-state index contributed by atoms with van der Waals surface area (Å²) in [4.78, 5) is 50.1. The second-order valence-corrected chi connectivity index (χ2v) is 7.18. The summed E-state index contributed by atoms with van der Waals surface area (Å²) < 4.78 is 0. The van der Waals surface area contributed by atoms with E-state index in [0.29, 0.717) is 22.6 Å². The summed E-state index contributed by atoms with van der Waals surface area (Å²) in [6, 6.07) is 16.3. The van der Waals surface area contributed by atoms with Crippen LogP contribution in [0.15, 0.2) is 60.7 Å². The molecule has 1 heterocycles. The number of imide groups is 1. The first kappa shape index (κ1) is 21.0. The average Bonchev–Trinajstić information content (AvgIpc) is 3.00. The molecule has 1 saturated heterocycles. The van der Waals surface area contributed by atoms with Crippen LogP contribution in [-0.2, 0) is 15.1 Å². The van der Waals surface area contributed by atoms with E-state index in [9.17, 15) is 19.2 Å². The van der Waals surface area contributed by atoms with E-state index in [1.54, 1.807) is 68.4 Å². The summed E-state index contributed by atoms with van der Waals surface area (Å²) in [6.45, 7) is 3.46. The molecule has 156 valence electrons. The predicted octanol–water partition coefficient (Wildman–Crippen LogP) is 2.08. The smallest absolute Gasteiger partial charge is 0.344 e. The summed E-state index contributed by atoms with van der Waals surface area (Å²) >= 11 is 0. The number of amides is 5. The Morgan fingerprint density at radius 2 is 1.63 bits per heavy atom. The Morgan fingerprint density at radius 3 is 2.23 bits per heavy atom. The lowest BCUT2D eigenvalue weighted by atomic mass is 9.87. The van der Waals surface area contributed by atoms with Gasteiger partial charge in [-0.1, -0.05) is 55.5 Å². The Morgan fingerprint density at radius 1 is 1.03 bits per heavy atom. The van der Waals surface area contributed by atoms with Gasteiger partial charge in [0.2, 0.25) is 5.91 Å². The van der Waals surface area contributed by atoms with Gasteiger partial charge in [0.05, 0.1) is 0 Å². The number of carbonyl (C=O) groups is 4. The van der Waals surface area contributed by atoms with Gasteiger partial charge in [-0.2, -0.15) is 5.01 Å². The standard InChI is InChI=1S/C22H24N4O4/c1-3-22(17-12-8-5-9-13-17)20(29)26(21(30)24-22)25-18(27)14-15(2)23-19(28)16-10-6-4-7-11-16/h4-13,15H,3,14H2,1-2H3,(H,23,28)(H,24,30)(H,25,27). The maximum absolute atomic E-state index is 13.0. The number of hydrogen-bond donors (Lipinski definition) is 3. The van der Waals surface area contributed by atoms with Gasteiger partial charge in [-0.15, -0.1) is 0 Å². The second kappa shape index (κ2) is 8.77. The molecule has 0 saturated carbocycles. The first-order valence-corrected chi connectivity index (χ1v) is 9.75. The number of benzene rings is 2. The van der Waals surface area contributed by atoms with Crippen LogP contribution in [0.3, 0.4) is 0 Å². The number of nitrogens with one attached hydrogen (secondary N) is 3. The molecule has 2 aromatic rings. The monoisotopic (exact) mass is 408 g/mol. The van der Waals surface area contributed by atoms with E-state index in [1.807, 2.05) is 6.07 Å². The van der Waals surface area contributed by atoms with E-state index in [2.05, 4.69) is 16.1 Å². The molecule has 8 heteroatoms. The second-order valence-electron chi connectivity index (χ2n) is 7.18. The highest BCUT2D eigenvalue weighted by Crippen LogP contribution is 2.31. The maximum atomic E-state index is 13.0. The minimum Gasteiger partial charge on any atom is -0.349 e. The zero-order valence-electron chi connectivity index (χ0n) is 16.8. The molecular weight excluding hydrogens is 384 g/mol. The van der Waals surface area contributed by atoms with Crippen LogP contribution >= 0.6 is 0 Å². The molecule has 8 nitrogen and oxygen atoms in total. The predicted molar refractivity (Wildman–Crippen MR) is 110 cm³/mol. The van der Waals surface area contributed by atoms with Crippen molar-refractivity contribution in [3.8, 4) is 0 Å². The molecular formula is C22H24N4O4. The largest absolute Gasteiger partial charge is 0.349 e. The minimum absolute atomic E-state index is 0.0971. The van der Waals surface area contributed by atoms with Gasteiger partial charge in [-0.3, -0.25) is 19.8 Å². The summed E-state index contributed by atoms with van der Waals surface area (Å²) in [5.41, 5.74) is 2.26. The van der Waals surface area contributed by atoms with Crippen LogP contribution in [0.5, 0.6) is 0 Å². The van der Waals surface area contributed by atoms with Crippen molar-refractivity contribution in [2.75, 3.05) is 0 Å². The van der Waals surface area contributed by atoms with Gasteiger partial charge in [0, 0.05) is 18.0 Å². The molecule has 1 aliphatic heterocycles. The highest BCUT2D eigenvalue weighted by atomic mass is 16.2. The number of hydrogen-bond acceptors (Lipinski definition) is 4. The van der Waals surface area contributed by atoms with Gasteiger partial charge >= 0.3 is 6.03 Å². The topological polar surface area (TPSA) is 108 Å². The van der Waals surface area contributed by atoms with Crippen LogP contribution in [-0.4, -0.2) is 34.8 Å². The van der Waals surface area contributed by atoms with E-state index in [0.717, 1.165) is 0 Å². The van der Waals surface area contributed by atoms with Crippen LogP contribution < -0.4 is 16.1 Å².